The first-order valence-corrected chi connectivity index (χ1v) is 9.58. The Hall–Kier alpha value is -0.910. The van der Waals surface area contributed by atoms with Crippen LogP contribution in [-0.2, 0) is 14.3 Å². The van der Waals surface area contributed by atoms with Gasteiger partial charge in [0.15, 0.2) is 0 Å². The van der Waals surface area contributed by atoms with E-state index in [1.807, 2.05) is 13.0 Å². The van der Waals surface area contributed by atoms with Gasteiger partial charge in [-0.1, -0.05) is 13.8 Å². The van der Waals surface area contributed by atoms with E-state index in [2.05, 4.69) is 13.8 Å². The van der Waals surface area contributed by atoms with Gasteiger partial charge in [-0.3, -0.25) is 0 Å². The number of ether oxygens (including phenoxy) is 2. The minimum Gasteiger partial charge on any atom is -0.458 e. The maximum Gasteiger partial charge on any atom is 0.336 e. The Kier molecular flexibility index (Phi) is 3.88. The van der Waals surface area contributed by atoms with Crippen LogP contribution in [-0.4, -0.2) is 47.2 Å². The summed E-state index contributed by atoms with van der Waals surface area (Å²) in [7, 11) is 0. The average molecular weight is 350 g/mol. The molecule has 0 aromatic carbocycles. The Balaban J connectivity index is 1.67. The number of fused-ring (bicyclic) bond motifs is 3. The van der Waals surface area contributed by atoms with Crippen LogP contribution in [0.15, 0.2) is 11.6 Å². The smallest absolute Gasteiger partial charge is 0.336 e. The number of carbonyl (C=O) groups excluding carboxylic acids is 1. The first-order valence-electron chi connectivity index (χ1n) is 9.58. The van der Waals surface area contributed by atoms with Crippen molar-refractivity contribution in [2.24, 2.45) is 22.7 Å². The fourth-order valence-corrected chi connectivity index (χ4v) is 6.61. The fraction of sp³-hybridized carbons (Fsp3) is 0.850. The monoisotopic (exact) mass is 350 g/mol. The largest absolute Gasteiger partial charge is 0.458 e. The highest BCUT2D eigenvalue weighted by Crippen LogP contribution is 2.66. The van der Waals surface area contributed by atoms with Crippen molar-refractivity contribution in [1.29, 1.82) is 0 Å². The lowest BCUT2D eigenvalue weighted by atomic mass is 9.44. The zero-order chi connectivity index (χ0) is 18.0. The summed E-state index contributed by atoms with van der Waals surface area (Å²) in [5.41, 5.74) is -0.0332. The molecule has 0 aromatic heterocycles. The van der Waals surface area contributed by atoms with Crippen LogP contribution >= 0.6 is 0 Å². The van der Waals surface area contributed by atoms with Gasteiger partial charge in [-0.15, -0.1) is 0 Å². The normalized spacial score (nSPS) is 52.4. The summed E-state index contributed by atoms with van der Waals surface area (Å²) in [6.07, 6.45) is 5.53. The van der Waals surface area contributed by atoms with Crippen LogP contribution in [0.2, 0.25) is 0 Å². The molecule has 4 rings (SSSR count). The summed E-state index contributed by atoms with van der Waals surface area (Å²) in [6.45, 7) is 6.89. The van der Waals surface area contributed by atoms with E-state index < -0.39 is 11.5 Å². The molecule has 2 aliphatic carbocycles. The van der Waals surface area contributed by atoms with Crippen molar-refractivity contribution in [2.75, 3.05) is 13.2 Å². The van der Waals surface area contributed by atoms with Crippen molar-refractivity contribution in [1.82, 2.24) is 0 Å². The standard InChI is InChI=1S/C20H30O5/c1-18-7-5-16(22)19(2,11-21)14(18)4-8-20(3)15(18)10-13(25-20)12-6-9-24-17(12)23/h6,13-16,21-22H,4-5,7-11H2,1-3H3/t13?,14-,15+,16?,18-,19-,20-/m1/s1. The maximum atomic E-state index is 12.0. The Labute approximate surface area is 149 Å². The van der Waals surface area contributed by atoms with Gasteiger partial charge < -0.3 is 19.7 Å². The van der Waals surface area contributed by atoms with E-state index >= 15 is 0 Å². The maximum absolute atomic E-state index is 12.0. The molecule has 2 saturated carbocycles. The van der Waals surface area contributed by atoms with Crippen LogP contribution in [0.3, 0.4) is 0 Å². The van der Waals surface area contributed by atoms with Gasteiger partial charge in [0.1, 0.15) is 6.61 Å². The highest BCUT2D eigenvalue weighted by atomic mass is 16.5. The van der Waals surface area contributed by atoms with E-state index in [0.29, 0.717) is 24.5 Å². The predicted molar refractivity (Wildman–Crippen MR) is 91.7 cm³/mol. The van der Waals surface area contributed by atoms with Gasteiger partial charge in [-0.05, 0) is 62.4 Å². The lowest BCUT2D eigenvalue weighted by molar-refractivity contribution is -0.197. The van der Waals surface area contributed by atoms with E-state index in [0.717, 1.165) is 25.7 Å². The zero-order valence-corrected chi connectivity index (χ0v) is 15.5. The highest BCUT2D eigenvalue weighted by molar-refractivity contribution is 5.91. The zero-order valence-electron chi connectivity index (χ0n) is 15.5. The van der Waals surface area contributed by atoms with Gasteiger partial charge >= 0.3 is 5.97 Å². The molecule has 2 heterocycles. The Bertz CT molecular complexity index is 615. The molecule has 0 spiro atoms. The summed E-state index contributed by atoms with van der Waals surface area (Å²) in [5, 5.41) is 20.7. The van der Waals surface area contributed by atoms with Gasteiger partial charge in [-0.25, -0.2) is 4.79 Å². The lowest BCUT2D eigenvalue weighted by Crippen LogP contribution is -2.61. The summed E-state index contributed by atoms with van der Waals surface area (Å²) < 4.78 is 11.5. The van der Waals surface area contributed by atoms with Crippen LogP contribution in [0.1, 0.15) is 52.9 Å². The Morgan fingerprint density at radius 3 is 2.60 bits per heavy atom. The molecule has 2 aliphatic heterocycles. The molecule has 0 amide bonds. The summed E-state index contributed by atoms with van der Waals surface area (Å²) in [5.74, 6) is 0.336. The van der Waals surface area contributed by atoms with Gasteiger partial charge in [0.25, 0.3) is 0 Å². The van der Waals surface area contributed by atoms with Crippen LogP contribution in [0.5, 0.6) is 0 Å². The van der Waals surface area contributed by atoms with Crippen molar-refractivity contribution in [2.45, 2.75) is 70.7 Å². The summed E-state index contributed by atoms with van der Waals surface area (Å²) in [4.78, 5) is 12.0. The van der Waals surface area contributed by atoms with E-state index in [9.17, 15) is 15.0 Å². The highest BCUT2D eigenvalue weighted by Gasteiger charge is 2.65. The number of aliphatic hydroxyl groups is 2. The molecule has 7 atom stereocenters. The number of carbonyl (C=O) groups is 1. The van der Waals surface area contributed by atoms with Crippen molar-refractivity contribution in [3.8, 4) is 0 Å². The Morgan fingerprint density at radius 1 is 1.20 bits per heavy atom. The molecule has 3 fully saturated rings. The second-order valence-corrected chi connectivity index (χ2v) is 9.28. The molecule has 25 heavy (non-hydrogen) atoms. The van der Waals surface area contributed by atoms with Crippen LogP contribution in [0.25, 0.3) is 0 Å². The first-order chi connectivity index (χ1) is 11.7. The number of hydrogen-bond acceptors (Lipinski definition) is 5. The van der Waals surface area contributed by atoms with E-state index in [4.69, 9.17) is 9.47 Å². The van der Waals surface area contributed by atoms with Crippen molar-refractivity contribution in [3.05, 3.63) is 11.6 Å². The van der Waals surface area contributed by atoms with Crippen LogP contribution in [0, 0.1) is 22.7 Å². The minimum atomic E-state index is -0.460. The van der Waals surface area contributed by atoms with E-state index in [-0.39, 0.29) is 35.6 Å². The molecular formula is C20H30O5. The van der Waals surface area contributed by atoms with E-state index in [1.165, 1.54) is 0 Å². The number of aliphatic hydroxyl groups excluding tert-OH is 2. The third kappa shape index (κ3) is 2.28. The molecular weight excluding hydrogens is 320 g/mol. The molecule has 0 bridgehead atoms. The molecule has 2 unspecified atom stereocenters. The Morgan fingerprint density at radius 2 is 1.96 bits per heavy atom. The third-order valence-electron chi connectivity index (χ3n) is 8.07. The van der Waals surface area contributed by atoms with Gasteiger partial charge in [0.05, 0.1) is 30.0 Å². The lowest BCUT2D eigenvalue weighted by Gasteiger charge is -2.61. The SMILES string of the molecule is C[C@@]12CCC(O)[C@](C)(CO)[C@@H]1CC[C@@]1(C)OC(C3=CCOC3=O)C[C@@H]21. The molecule has 5 heteroatoms. The molecule has 0 aromatic rings. The number of hydrogen-bond donors (Lipinski definition) is 2. The second-order valence-electron chi connectivity index (χ2n) is 9.28. The molecule has 2 N–H and O–H groups in total. The van der Waals surface area contributed by atoms with Crippen molar-refractivity contribution in [3.63, 3.8) is 0 Å². The predicted octanol–water partition coefficient (Wildman–Crippen LogP) is 2.20. The number of cyclic esters (lactones) is 1. The third-order valence-corrected chi connectivity index (χ3v) is 8.07. The van der Waals surface area contributed by atoms with Crippen LogP contribution in [0.4, 0.5) is 0 Å². The number of esters is 1. The quantitative estimate of drug-likeness (QED) is 0.747. The van der Waals surface area contributed by atoms with Crippen molar-refractivity contribution < 1.29 is 24.5 Å². The van der Waals surface area contributed by atoms with Crippen LogP contribution < -0.4 is 0 Å². The van der Waals surface area contributed by atoms with E-state index in [1.54, 1.807) is 0 Å². The first kappa shape index (κ1) is 17.5. The molecule has 4 aliphatic rings. The minimum absolute atomic E-state index is 0.00152. The average Bonchev–Trinajstić information content (AvgIpc) is 3.15. The molecule has 5 nitrogen and oxygen atoms in total. The van der Waals surface area contributed by atoms with Gasteiger partial charge in [0.2, 0.25) is 0 Å². The van der Waals surface area contributed by atoms with Crippen molar-refractivity contribution >= 4 is 5.97 Å². The molecule has 1 saturated heterocycles. The fourth-order valence-electron chi connectivity index (χ4n) is 6.61. The summed E-state index contributed by atoms with van der Waals surface area (Å²) >= 11 is 0. The van der Waals surface area contributed by atoms with Gasteiger partial charge in [-0.2, -0.15) is 0 Å². The topological polar surface area (TPSA) is 76.0 Å². The molecule has 140 valence electrons. The molecule has 0 radical (unpaired) electrons. The summed E-state index contributed by atoms with van der Waals surface area (Å²) in [6, 6.07) is 0. The van der Waals surface area contributed by atoms with Gasteiger partial charge in [0, 0.05) is 5.41 Å². The number of rotatable bonds is 2. The second kappa shape index (κ2) is 5.54.